The molecule has 0 aromatic heterocycles. The topological polar surface area (TPSA) is 0 Å². The van der Waals surface area contributed by atoms with Gasteiger partial charge in [-0.1, -0.05) is 52.0 Å². The molecule has 1 unspecified atom stereocenters. The Labute approximate surface area is 98.7 Å². The SMILES string of the molecule is CCc1ccc(C(Cl)C(C)(C)CC)cc1. The summed E-state index contributed by atoms with van der Waals surface area (Å²) in [5.74, 6) is 0. The molecule has 0 aliphatic rings. The molecule has 0 saturated carbocycles. The molecule has 1 aromatic carbocycles. The van der Waals surface area contributed by atoms with Crippen LogP contribution in [-0.4, -0.2) is 0 Å². The van der Waals surface area contributed by atoms with Crippen LogP contribution in [0, 0.1) is 5.41 Å². The van der Waals surface area contributed by atoms with Crippen molar-refractivity contribution in [1.82, 2.24) is 0 Å². The molecular weight excluding hydrogens is 204 g/mol. The van der Waals surface area contributed by atoms with Gasteiger partial charge >= 0.3 is 0 Å². The summed E-state index contributed by atoms with van der Waals surface area (Å²) in [4.78, 5) is 0. The van der Waals surface area contributed by atoms with E-state index in [2.05, 4.69) is 52.0 Å². The molecule has 1 aromatic rings. The lowest BCUT2D eigenvalue weighted by Crippen LogP contribution is -2.16. The second kappa shape index (κ2) is 5.03. The van der Waals surface area contributed by atoms with Gasteiger partial charge in [0.2, 0.25) is 0 Å². The number of rotatable bonds is 4. The van der Waals surface area contributed by atoms with Crippen molar-refractivity contribution < 1.29 is 0 Å². The molecule has 0 N–H and O–H groups in total. The van der Waals surface area contributed by atoms with Gasteiger partial charge in [0, 0.05) is 0 Å². The van der Waals surface area contributed by atoms with Crippen LogP contribution in [0.15, 0.2) is 24.3 Å². The summed E-state index contributed by atoms with van der Waals surface area (Å²) in [6, 6.07) is 8.68. The van der Waals surface area contributed by atoms with E-state index in [1.807, 2.05) is 0 Å². The molecule has 0 spiro atoms. The van der Waals surface area contributed by atoms with Gasteiger partial charge in [-0.05, 0) is 29.4 Å². The molecule has 0 nitrogen and oxygen atoms in total. The Kier molecular flexibility index (Phi) is 4.21. The van der Waals surface area contributed by atoms with Crippen molar-refractivity contribution in [1.29, 1.82) is 0 Å². The number of alkyl halides is 1. The van der Waals surface area contributed by atoms with E-state index in [-0.39, 0.29) is 10.8 Å². The molecule has 0 heterocycles. The fourth-order valence-corrected chi connectivity index (χ4v) is 1.85. The van der Waals surface area contributed by atoms with Crippen molar-refractivity contribution in [2.45, 2.75) is 45.9 Å². The highest BCUT2D eigenvalue weighted by atomic mass is 35.5. The zero-order chi connectivity index (χ0) is 11.5. The van der Waals surface area contributed by atoms with Crippen LogP contribution in [0.1, 0.15) is 50.6 Å². The quantitative estimate of drug-likeness (QED) is 0.634. The van der Waals surface area contributed by atoms with Crippen LogP contribution in [0.2, 0.25) is 0 Å². The minimum Gasteiger partial charge on any atom is -0.117 e. The molecule has 1 heteroatoms. The van der Waals surface area contributed by atoms with Crippen molar-refractivity contribution in [3.05, 3.63) is 35.4 Å². The normalized spacial score (nSPS) is 13.9. The molecule has 0 aliphatic heterocycles. The van der Waals surface area contributed by atoms with Gasteiger partial charge in [-0.25, -0.2) is 0 Å². The molecule has 0 fully saturated rings. The van der Waals surface area contributed by atoms with Gasteiger partial charge in [0.1, 0.15) is 0 Å². The lowest BCUT2D eigenvalue weighted by molar-refractivity contribution is 0.336. The average Bonchev–Trinajstić information content (AvgIpc) is 2.28. The van der Waals surface area contributed by atoms with Crippen molar-refractivity contribution in [2.75, 3.05) is 0 Å². The first kappa shape index (κ1) is 12.6. The Morgan fingerprint density at radius 2 is 1.67 bits per heavy atom. The number of hydrogen-bond acceptors (Lipinski definition) is 0. The van der Waals surface area contributed by atoms with Crippen LogP contribution in [-0.2, 0) is 6.42 Å². The summed E-state index contributed by atoms with van der Waals surface area (Å²) in [6.45, 7) is 8.80. The van der Waals surface area contributed by atoms with Gasteiger partial charge in [-0.3, -0.25) is 0 Å². The van der Waals surface area contributed by atoms with E-state index in [4.69, 9.17) is 11.6 Å². The average molecular weight is 225 g/mol. The van der Waals surface area contributed by atoms with Crippen LogP contribution in [0.25, 0.3) is 0 Å². The molecule has 15 heavy (non-hydrogen) atoms. The van der Waals surface area contributed by atoms with E-state index in [1.54, 1.807) is 0 Å². The predicted molar refractivity (Wildman–Crippen MR) is 68.5 cm³/mol. The third kappa shape index (κ3) is 2.98. The van der Waals surface area contributed by atoms with Gasteiger partial charge in [0.05, 0.1) is 5.38 Å². The molecule has 0 aliphatic carbocycles. The van der Waals surface area contributed by atoms with Crippen LogP contribution in [0.5, 0.6) is 0 Å². The summed E-state index contributed by atoms with van der Waals surface area (Å²) in [5, 5.41) is 0.105. The van der Waals surface area contributed by atoms with E-state index in [9.17, 15) is 0 Å². The standard InChI is InChI=1S/C14H21Cl/c1-5-11-7-9-12(10-8-11)13(15)14(3,4)6-2/h7-10,13H,5-6H2,1-4H3. The largest absolute Gasteiger partial charge is 0.117 e. The fourth-order valence-electron chi connectivity index (χ4n) is 1.55. The van der Waals surface area contributed by atoms with Crippen LogP contribution >= 0.6 is 11.6 Å². The maximum atomic E-state index is 6.49. The van der Waals surface area contributed by atoms with Gasteiger partial charge in [0.15, 0.2) is 0 Å². The Morgan fingerprint density at radius 1 is 1.13 bits per heavy atom. The Hall–Kier alpha value is -0.490. The zero-order valence-electron chi connectivity index (χ0n) is 10.2. The van der Waals surface area contributed by atoms with Crippen molar-refractivity contribution in [2.24, 2.45) is 5.41 Å². The molecule has 0 bridgehead atoms. The minimum atomic E-state index is 0.105. The van der Waals surface area contributed by atoms with Gasteiger partial charge in [-0.15, -0.1) is 11.6 Å². The van der Waals surface area contributed by atoms with E-state index in [0.717, 1.165) is 12.8 Å². The molecule has 0 saturated heterocycles. The molecule has 0 radical (unpaired) electrons. The van der Waals surface area contributed by atoms with Crippen molar-refractivity contribution in [3.63, 3.8) is 0 Å². The van der Waals surface area contributed by atoms with Crippen LogP contribution < -0.4 is 0 Å². The van der Waals surface area contributed by atoms with Gasteiger partial charge in [0.25, 0.3) is 0 Å². The van der Waals surface area contributed by atoms with E-state index < -0.39 is 0 Å². The first-order valence-corrected chi connectivity index (χ1v) is 6.17. The maximum Gasteiger partial charge on any atom is 0.0636 e. The lowest BCUT2D eigenvalue weighted by atomic mass is 9.82. The van der Waals surface area contributed by atoms with Crippen LogP contribution in [0.3, 0.4) is 0 Å². The minimum absolute atomic E-state index is 0.105. The Balaban J connectivity index is 2.87. The summed E-state index contributed by atoms with van der Waals surface area (Å²) in [7, 11) is 0. The molecule has 0 amide bonds. The Morgan fingerprint density at radius 3 is 2.07 bits per heavy atom. The first-order valence-electron chi connectivity index (χ1n) is 5.74. The summed E-state index contributed by atoms with van der Waals surface area (Å²) >= 11 is 6.49. The summed E-state index contributed by atoms with van der Waals surface area (Å²) in [5.41, 5.74) is 2.77. The number of aryl methyl sites for hydroxylation is 1. The molecule has 84 valence electrons. The number of hydrogen-bond donors (Lipinski definition) is 0. The molecule has 1 rings (SSSR count). The third-order valence-electron chi connectivity index (χ3n) is 3.28. The first-order chi connectivity index (χ1) is 7.01. The monoisotopic (exact) mass is 224 g/mol. The highest BCUT2D eigenvalue weighted by Gasteiger charge is 2.26. The van der Waals surface area contributed by atoms with E-state index in [1.165, 1.54) is 11.1 Å². The van der Waals surface area contributed by atoms with E-state index in [0.29, 0.717) is 0 Å². The van der Waals surface area contributed by atoms with Crippen molar-refractivity contribution >= 4 is 11.6 Å². The molecular formula is C14H21Cl. The van der Waals surface area contributed by atoms with Gasteiger partial charge in [-0.2, -0.15) is 0 Å². The zero-order valence-corrected chi connectivity index (χ0v) is 10.9. The third-order valence-corrected chi connectivity index (χ3v) is 4.12. The Bertz CT molecular complexity index is 298. The molecule has 1 atom stereocenters. The van der Waals surface area contributed by atoms with E-state index >= 15 is 0 Å². The summed E-state index contributed by atoms with van der Waals surface area (Å²) < 4.78 is 0. The number of halogens is 1. The highest BCUT2D eigenvalue weighted by molar-refractivity contribution is 6.21. The van der Waals surface area contributed by atoms with Gasteiger partial charge < -0.3 is 0 Å². The lowest BCUT2D eigenvalue weighted by Gasteiger charge is -2.29. The van der Waals surface area contributed by atoms with Crippen LogP contribution in [0.4, 0.5) is 0 Å². The number of benzene rings is 1. The predicted octanol–water partition coefficient (Wildman–Crippen LogP) is 4.97. The second-order valence-electron chi connectivity index (χ2n) is 4.80. The fraction of sp³-hybridized carbons (Fsp3) is 0.571. The van der Waals surface area contributed by atoms with Crippen molar-refractivity contribution in [3.8, 4) is 0 Å². The second-order valence-corrected chi connectivity index (χ2v) is 5.24. The smallest absolute Gasteiger partial charge is 0.0636 e. The maximum absolute atomic E-state index is 6.49. The summed E-state index contributed by atoms with van der Waals surface area (Å²) in [6.07, 6.45) is 2.18. The highest BCUT2D eigenvalue weighted by Crippen LogP contribution is 2.41.